The molecule has 1 aromatic rings. The van der Waals surface area contributed by atoms with Crippen LogP contribution in [0.1, 0.15) is 43.4 Å². The third kappa shape index (κ3) is 3.04. The van der Waals surface area contributed by atoms with E-state index in [9.17, 15) is 8.42 Å². The summed E-state index contributed by atoms with van der Waals surface area (Å²) in [5, 5.41) is 0. The van der Waals surface area contributed by atoms with Crippen molar-refractivity contribution in [2.75, 3.05) is 13.1 Å². The molecule has 3 rings (SSSR count). The Hall–Kier alpha value is -0.430. The summed E-state index contributed by atoms with van der Waals surface area (Å²) < 4.78 is 28.2. The summed E-state index contributed by atoms with van der Waals surface area (Å²) in [6.07, 6.45) is 7.60. The van der Waals surface area contributed by atoms with Crippen LogP contribution in [-0.2, 0) is 16.4 Å². The zero-order valence-electron chi connectivity index (χ0n) is 12.3. The number of nitrogens with zero attached hydrogens (tertiary/aromatic N) is 1. The Morgan fingerprint density at radius 3 is 2.76 bits per heavy atom. The van der Waals surface area contributed by atoms with E-state index in [1.54, 1.807) is 10.4 Å². The highest BCUT2D eigenvalue weighted by atomic mass is 32.2. The number of thiophene rings is 1. The first kappa shape index (κ1) is 15.5. The molecule has 1 aliphatic carbocycles. The fourth-order valence-corrected chi connectivity index (χ4v) is 7.02. The van der Waals surface area contributed by atoms with Crippen LogP contribution in [0.15, 0.2) is 16.3 Å². The van der Waals surface area contributed by atoms with Crippen LogP contribution < -0.4 is 5.73 Å². The number of rotatable bonds is 4. The molecule has 1 saturated heterocycles. The van der Waals surface area contributed by atoms with Crippen LogP contribution in [0.3, 0.4) is 0 Å². The van der Waals surface area contributed by atoms with E-state index in [0.29, 0.717) is 23.2 Å². The lowest BCUT2D eigenvalue weighted by molar-refractivity contribution is 0.129. The topological polar surface area (TPSA) is 63.4 Å². The van der Waals surface area contributed by atoms with E-state index in [2.05, 4.69) is 0 Å². The summed E-state index contributed by atoms with van der Waals surface area (Å²) >= 11 is 1.39. The van der Waals surface area contributed by atoms with Crippen LogP contribution in [0.5, 0.6) is 0 Å². The van der Waals surface area contributed by atoms with E-state index < -0.39 is 10.0 Å². The van der Waals surface area contributed by atoms with Crippen molar-refractivity contribution < 1.29 is 8.42 Å². The molecule has 2 atom stereocenters. The maximum atomic E-state index is 13.0. The second kappa shape index (κ2) is 6.36. The standard InChI is InChI=1S/C15H24N2O2S2/c16-10-9-13-7-8-15(20-13)21(18,19)17-11-3-5-12-4-1-2-6-14(12)17/h7-8,12,14H,1-6,9-11,16H2. The van der Waals surface area contributed by atoms with E-state index in [0.717, 1.165) is 30.6 Å². The lowest BCUT2D eigenvalue weighted by Gasteiger charge is -2.42. The van der Waals surface area contributed by atoms with Crippen molar-refractivity contribution in [2.45, 2.75) is 55.2 Å². The molecule has 21 heavy (non-hydrogen) atoms. The van der Waals surface area contributed by atoms with Crippen LogP contribution in [0.25, 0.3) is 0 Å². The van der Waals surface area contributed by atoms with Crippen molar-refractivity contribution in [3.05, 3.63) is 17.0 Å². The molecular formula is C15H24N2O2S2. The minimum atomic E-state index is -3.32. The van der Waals surface area contributed by atoms with Crippen molar-refractivity contribution in [1.29, 1.82) is 0 Å². The van der Waals surface area contributed by atoms with Crippen LogP contribution in [0.2, 0.25) is 0 Å². The van der Waals surface area contributed by atoms with Gasteiger partial charge in [-0.25, -0.2) is 8.42 Å². The number of piperidine rings is 1. The SMILES string of the molecule is NCCc1ccc(S(=O)(=O)N2CCCC3CCCCC32)s1. The van der Waals surface area contributed by atoms with Crippen LogP contribution in [0, 0.1) is 5.92 Å². The molecule has 1 aliphatic heterocycles. The molecule has 2 unspecified atom stereocenters. The molecule has 0 bridgehead atoms. The number of sulfonamides is 1. The molecule has 0 aromatic carbocycles. The molecule has 2 aliphatic rings. The fourth-order valence-electron chi connectivity index (χ4n) is 3.77. The summed E-state index contributed by atoms with van der Waals surface area (Å²) in [6, 6.07) is 3.90. The Morgan fingerprint density at radius 2 is 1.95 bits per heavy atom. The third-order valence-electron chi connectivity index (χ3n) is 4.78. The highest BCUT2D eigenvalue weighted by Gasteiger charge is 2.40. The molecule has 6 heteroatoms. The third-order valence-corrected chi connectivity index (χ3v) is 8.32. The Bertz CT molecular complexity index is 580. The molecule has 0 spiro atoms. The van der Waals surface area contributed by atoms with Gasteiger partial charge in [0.15, 0.2) is 0 Å². The largest absolute Gasteiger partial charge is 0.330 e. The van der Waals surface area contributed by atoms with Gasteiger partial charge in [0.05, 0.1) is 0 Å². The molecule has 118 valence electrons. The first-order chi connectivity index (χ1) is 10.1. The molecular weight excluding hydrogens is 304 g/mol. The maximum absolute atomic E-state index is 13.0. The van der Waals surface area contributed by atoms with Gasteiger partial charge in [-0.2, -0.15) is 4.31 Å². The van der Waals surface area contributed by atoms with Gasteiger partial charge in [0.25, 0.3) is 10.0 Å². The van der Waals surface area contributed by atoms with E-state index in [1.807, 2.05) is 6.07 Å². The average Bonchev–Trinajstić information content (AvgIpc) is 2.96. The number of nitrogens with two attached hydrogens (primary N) is 1. The number of fused-ring (bicyclic) bond motifs is 1. The molecule has 0 amide bonds. The zero-order valence-corrected chi connectivity index (χ0v) is 14.0. The first-order valence-electron chi connectivity index (χ1n) is 7.93. The second-order valence-electron chi connectivity index (χ2n) is 6.13. The summed E-state index contributed by atoms with van der Waals surface area (Å²) in [7, 11) is -3.32. The van der Waals surface area contributed by atoms with E-state index in [1.165, 1.54) is 30.6 Å². The Morgan fingerprint density at radius 1 is 1.19 bits per heavy atom. The number of hydrogen-bond donors (Lipinski definition) is 1. The van der Waals surface area contributed by atoms with Gasteiger partial charge in [-0.3, -0.25) is 0 Å². The quantitative estimate of drug-likeness (QED) is 0.924. The fraction of sp³-hybridized carbons (Fsp3) is 0.733. The summed E-state index contributed by atoms with van der Waals surface area (Å²) in [6.45, 7) is 1.25. The highest BCUT2D eigenvalue weighted by molar-refractivity contribution is 7.91. The molecule has 2 heterocycles. The first-order valence-corrected chi connectivity index (χ1v) is 10.2. The molecule has 0 radical (unpaired) electrons. The minimum Gasteiger partial charge on any atom is -0.330 e. The smallest absolute Gasteiger partial charge is 0.252 e. The minimum absolute atomic E-state index is 0.234. The summed E-state index contributed by atoms with van der Waals surface area (Å²) in [4.78, 5) is 1.06. The Kier molecular flexibility index (Phi) is 4.69. The van der Waals surface area contributed by atoms with Gasteiger partial charge in [0, 0.05) is 17.5 Å². The van der Waals surface area contributed by atoms with Gasteiger partial charge in [0.1, 0.15) is 4.21 Å². The van der Waals surface area contributed by atoms with Gasteiger partial charge >= 0.3 is 0 Å². The zero-order chi connectivity index (χ0) is 14.9. The predicted molar refractivity (Wildman–Crippen MR) is 85.9 cm³/mol. The predicted octanol–water partition coefficient (Wildman–Crippen LogP) is 2.59. The van der Waals surface area contributed by atoms with Crippen molar-refractivity contribution in [3.63, 3.8) is 0 Å². The number of hydrogen-bond acceptors (Lipinski definition) is 4. The molecule has 2 fully saturated rings. The van der Waals surface area contributed by atoms with E-state index >= 15 is 0 Å². The van der Waals surface area contributed by atoms with Gasteiger partial charge in [0.2, 0.25) is 0 Å². The van der Waals surface area contributed by atoms with Crippen molar-refractivity contribution >= 4 is 21.4 Å². The highest BCUT2D eigenvalue weighted by Crippen LogP contribution is 2.39. The summed E-state index contributed by atoms with van der Waals surface area (Å²) in [5.41, 5.74) is 5.56. The van der Waals surface area contributed by atoms with Crippen molar-refractivity contribution in [3.8, 4) is 0 Å². The molecule has 2 N–H and O–H groups in total. The monoisotopic (exact) mass is 328 g/mol. The summed E-state index contributed by atoms with van der Waals surface area (Å²) in [5.74, 6) is 0.575. The average molecular weight is 329 g/mol. The van der Waals surface area contributed by atoms with Gasteiger partial charge in [-0.1, -0.05) is 12.8 Å². The molecule has 1 aromatic heterocycles. The van der Waals surface area contributed by atoms with Gasteiger partial charge in [-0.15, -0.1) is 11.3 Å². The normalized spacial score (nSPS) is 27.5. The second-order valence-corrected chi connectivity index (χ2v) is 9.42. The lowest BCUT2D eigenvalue weighted by Crippen LogP contribution is -2.49. The van der Waals surface area contributed by atoms with Gasteiger partial charge in [-0.05, 0) is 56.7 Å². The Labute approximate surface area is 131 Å². The van der Waals surface area contributed by atoms with Crippen LogP contribution in [0.4, 0.5) is 0 Å². The van der Waals surface area contributed by atoms with Crippen LogP contribution >= 0.6 is 11.3 Å². The molecule has 4 nitrogen and oxygen atoms in total. The van der Waals surface area contributed by atoms with Crippen LogP contribution in [-0.4, -0.2) is 31.9 Å². The Balaban J connectivity index is 1.85. The maximum Gasteiger partial charge on any atom is 0.252 e. The van der Waals surface area contributed by atoms with Crippen molar-refractivity contribution in [1.82, 2.24) is 4.31 Å². The van der Waals surface area contributed by atoms with Crippen molar-refractivity contribution in [2.24, 2.45) is 11.7 Å². The molecule has 1 saturated carbocycles. The van der Waals surface area contributed by atoms with Gasteiger partial charge < -0.3 is 5.73 Å². The lowest BCUT2D eigenvalue weighted by atomic mass is 9.79. The van der Waals surface area contributed by atoms with E-state index in [4.69, 9.17) is 5.73 Å². The van der Waals surface area contributed by atoms with E-state index in [-0.39, 0.29) is 6.04 Å².